The van der Waals surface area contributed by atoms with Crippen LogP contribution in [0.3, 0.4) is 0 Å². The zero-order valence-corrected chi connectivity index (χ0v) is 12.3. The summed E-state index contributed by atoms with van der Waals surface area (Å²) in [5.41, 5.74) is 0. The molecular weight excluding hydrogens is 321 g/mol. The number of rotatable bonds is 2. The smallest absolute Gasteiger partial charge is 0.207 e. The number of nitrogens with zero attached hydrogens (tertiary/aromatic N) is 1. The Bertz CT molecular complexity index is 525. The number of hydrogen-bond donors (Lipinski definition) is 0. The first-order valence-electron chi connectivity index (χ1n) is 5.97. The van der Waals surface area contributed by atoms with Crippen molar-refractivity contribution in [2.45, 2.75) is 30.6 Å². The number of sulfonamides is 1. The number of halogens is 2. The fraction of sp³-hybridized carbons (Fsp3) is 0.500. The molecule has 0 bridgehead atoms. The molecule has 2 rings (SSSR count). The molecule has 0 amide bonds. The summed E-state index contributed by atoms with van der Waals surface area (Å²) in [6, 6.07) is 4.05. The van der Waals surface area contributed by atoms with E-state index in [-0.39, 0.29) is 4.90 Å². The van der Waals surface area contributed by atoms with Gasteiger partial charge in [-0.25, -0.2) is 12.8 Å². The molecule has 1 saturated heterocycles. The van der Waals surface area contributed by atoms with Crippen LogP contribution < -0.4 is 0 Å². The van der Waals surface area contributed by atoms with Gasteiger partial charge < -0.3 is 0 Å². The van der Waals surface area contributed by atoms with Crippen molar-refractivity contribution >= 4 is 26.0 Å². The normalized spacial score (nSPS) is 18.6. The molecule has 1 aromatic rings. The van der Waals surface area contributed by atoms with Gasteiger partial charge in [0.2, 0.25) is 10.0 Å². The van der Waals surface area contributed by atoms with Gasteiger partial charge in [-0.2, -0.15) is 4.31 Å². The SMILES string of the molecule is O=S(=O)(c1ccc(Br)cc1F)N1CCCCCC1. The van der Waals surface area contributed by atoms with Crippen LogP contribution in [0.5, 0.6) is 0 Å². The molecule has 18 heavy (non-hydrogen) atoms. The van der Waals surface area contributed by atoms with Gasteiger partial charge in [-0.05, 0) is 31.0 Å². The van der Waals surface area contributed by atoms with Crippen LogP contribution >= 0.6 is 15.9 Å². The van der Waals surface area contributed by atoms with Gasteiger partial charge in [-0.1, -0.05) is 28.8 Å². The van der Waals surface area contributed by atoms with Gasteiger partial charge in [0.05, 0.1) is 0 Å². The Morgan fingerprint density at radius 1 is 1.11 bits per heavy atom. The summed E-state index contributed by atoms with van der Waals surface area (Å²) in [6.07, 6.45) is 3.76. The second kappa shape index (κ2) is 5.67. The minimum absolute atomic E-state index is 0.229. The molecule has 3 nitrogen and oxygen atoms in total. The topological polar surface area (TPSA) is 37.4 Å². The largest absolute Gasteiger partial charge is 0.245 e. The maximum atomic E-state index is 13.8. The predicted octanol–water partition coefficient (Wildman–Crippen LogP) is 3.15. The summed E-state index contributed by atoms with van der Waals surface area (Å²) < 4.78 is 40.4. The van der Waals surface area contributed by atoms with Crippen LogP contribution in [-0.4, -0.2) is 25.8 Å². The lowest BCUT2D eigenvalue weighted by atomic mass is 10.2. The highest BCUT2D eigenvalue weighted by Gasteiger charge is 2.27. The van der Waals surface area contributed by atoms with Crippen molar-refractivity contribution in [2.75, 3.05) is 13.1 Å². The van der Waals surface area contributed by atoms with Crippen LogP contribution in [0.1, 0.15) is 25.7 Å². The molecule has 1 aliphatic rings. The van der Waals surface area contributed by atoms with E-state index < -0.39 is 15.8 Å². The Balaban J connectivity index is 2.34. The van der Waals surface area contributed by atoms with Crippen molar-refractivity contribution in [3.05, 3.63) is 28.5 Å². The van der Waals surface area contributed by atoms with E-state index in [9.17, 15) is 12.8 Å². The molecule has 0 atom stereocenters. The molecule has 0 radical (unpaired) electrons. The third kappa shape index (κ3) is 2.92. The van der Waals surface area contributed by atoms with Gasteiger partial charge in [0.1, 0.15) is 10.7 Å². The first-order chi connectivity index (χ1) is 8.51. The Hall–Kier alpha value is -0.460. The Morgan fingerprint density at radius 2 is 1.72 bits per heavy atom. The van der Waals surface area contributed by atoms with Crippen molar-refractivity contribution in [1.29, 1.82) is 0 Å². The molecule has 0 aromatic heterocycles. The van der Waals surface area contributed by atoms with Gasteiger partial charge in [-0.15, -0.1) is 0 Å². The van der Waals surface area contributed by atoms with E-state index in [2.05, 4.69) is 15.9 Å². The van der Waals surface area contributed by atoms with E-state index >= 15 is 0 Å². The molecule has 1 fully saturated rings. The number of benzene rings is 1. The predicted molar refractivity (Wildman–Crippen MR) is 71.3 cm³/mol. The second-order valence-electron chi connectivity index (χ2n) is 4.39. The average molecular weight is 336 g/mol. The summed E-state index contributed by atoms with van der Waals surface area (Å²) in [7, 11) is -3.70. The zero-order chi connectivity index (χ0) is 13.2. The van der Waals surface area contributed by atoms with Gasteiger partial charge in [-0.3, -0.25) is 0 Å². The van der Waals surface area contributed by atoms with E-state index in [0.29, 0.717) is 17.6 Å². The van der Waals surface area contributed by atoms with Crippen LogP contribution in [0.25, 0.3) is 0 Å². The summed E-state index contributed by atoms with van der Waals surface area (Å²) in [4.78, 5) is -0.229. The van der Waals surface area contributed by atoms with Gasteiger partial charge in [0, 0.05) is 17.6 Å². The maximum Gasteiger partial charge on any atom is 0.245 e. The Labute approximate surface area is 115 Å². The maximum absolute atomic E-state index is 13.8. The van der Waals surface area contributed by atoms with E-state index in [0.717, 1.165) is 25.7 Å². The minimum atomic E-state index is -3.70. The fourth-order valence-corrected chi connectivity index (χ4v) is 4.00. The molecule has 0 saturated carbocycles. The highest BCUT2D eigenvalue weighted by molar-refractivity contribution is 9.10. The lowest BCUT2D eigenvalue weighted by Gasteiger charge is -2.20. The van der Waals surface area contributed by atoms with Crippen molar-refractivity contribution in [2.24, 2.45) is 0 Å². The van der Waals surface area contributed by atoms with Crippen molar-refractivity contribution in [1.82, 2.24) is 4.31 Å². The lowest BCUT2D eigenvalue weighted by molar-refractivity contribution is 0.419. The average Bonchev–Trinajstić information content (AvgIpc) is 2.57. The first kappa shape index (κ1) is 14.0. The zero-order valence-electron chi connectivity index (χ0n) is 9.90. The third-order valence-corrected chi connectivity index (χ3v) is 5.50. The molecule has 1 aliphatic heterocycles. The first-order valence-corrected chi connectivity index (χ1v) is 8.20. The highest BCUT2D eigenvalue weighted by atomic mass is 79.9. The van der Waals surface area contributed by atoms with Crippen molar-refractivity contribution in [3.63, 3.8) is 0 Å². The van der Waals surface area contributed by atoms with E-state index in [1.165, 1.54) is 16.4 Å². The molecular formula is C12H15BrFNO2S. The summed E-state index contributed by atoms with van der Waals surface area (Å²) >= 11 is 3.12. The monoisotopic (exact) mass is 335 g/mol. The van der Waals surface area contributed by atoms with E-state index in [4.69, 9.17) is 0 Å². The van der Waals surface area contributed by atoms with Crippen LogP contribution in [0, 0.1) is 5.82 Å². The minimum Gasteiger partial charge on any atom is -0.207 e. The van der Waals surface area contributed by atoms with Gasteiger partial charge in [0.15, 0.2) is 0 Å². The van der Waals surface area contributed by atoms with Crippen molar-refractivity contribution in [3.8, 4) is 0 Å². The molecule has 1 aromatic carbocycles. The second-order valence-corrected chi connectivity index (χ2v) is 7.22. The molecule has 0 spiro atoms. The summed E-state index contributed by atoms with van der Waals surface area (Å²) in [5.74, 6) is -0.700. The standard InChI is InChI=1S/C12H15BrFNO2S/c13-10-5-6-12(11(14)9-10)18(16,17)15-7-3-1-2-4-8-15/h5-6,9H,1-4,7-8H2. The Morgan fingerprint density at radius 3 is 2.28 bits per heavy atom. The van der Waals surface area contributed by atoms with Crippen LogP contribution in [-0.2, 0) is 10.0 Å². The number of hydrogen-bond acceptors (Lipinski definition) is 2. The van der Waals surface area contributed by atoms with Crippen LogP contribution in [0.15, 0.2) is 27.6 Å². The quantitative estimate of drug-likeness (QED) is 0.832. The van der Waals surface area contributed by atoms with Crippen LogP contribution in [0.4, 0.5) is 4.39 Å². The third-order valence-electron chi connectivity index (χ3n) is 3.08. The van der Waals surface area contributed by atoms with Gasteiger partial charge >= 0.3 is 0 Å². The summed E-state index contributed by atoms with van der Waals surface area (Å²) in [5, 5.41) is 0. The fourth-order valence-electron chi connectivity index (χ4n) is 2.11. The molecule has 0 unspecified atom stereocenters. The van der Waals surface area contributed by atoms with E-state index in [1.807, 2.05) is 0 Å². The van der Waals surface area contributed by atoms with Crippen molar-refractivity contribution < 1.29 is 12.8 Å². The molecule has 100 valence electrons. The summed E-state index contributed by atoms with van der Waals surface area (Å²) in [6.45, 7) is 0.968. The molecule has 1 heterocycles. The van der Waals surface area contributed by atoms with Crippen LogP contribution in [0.2, 0.25) is 0 Å². The Kier molecular flexibility index (Phi) is 4.40. The molecule has 0 aliphatic carbocycles. The molecule has 0 N–H and O–H groups in total. The van der Waals surface area contributed by atoms with Gasteiger partial charge in [0.25, 0.3) is 0 Å². The highest BCUT2D eigenvalue weighted by Crippen LogP contribution is 2.24. The molecule has 6 heteroatoms. The van der Waals surface area contributed by atoms with E-state index in [1.54, 1.807) is 6.07 Å². The lowest BCUT2D eigenvalue weighted by Crippen LogP contribution is -2.32.